The predicted octanol–water partition coefficient (Wildman–Crippen LogP) is 2.64. The average Bonchev–Trinajstić information content (AvgIpc) is 3.04. The predicted molar refractivity (Wildman–Crippen MR) is 93.7 cm³/mol. The van der Waals surface area contributed by atoms with Crippen LogP contribution in [0.3, 0.4) is 0 Å². The molecule has 0 bridgehead atoms. The molecule has 126 valence electrons. The van der Waals surface area contributed by atoms with Crippen molar-refractivity contribution in [1.82, 2.24) is 10.6 Å². The van der Waals surface area contributed by atoms with Crippen molar-refractivity contribution in [2.45, 2.75) is 33.2 Å². The van der Waals surface area contributed by atoms with Crippen LogP contribution >= 0.6 is 11.3 Å². The van der Waals surface area contributed by atoms with E-state index in [1.165, 1.54) is 11.3 Å². The van der Waals surface area contributed by atoms with Crippen molar-refractivity contribution in [2.75, 3.05) is 39.5 Å². The second-order valence-electron chi connectivity index (χ2n) is 4.78. The molecule has 2 N–H and O–H groups in total. The van der Waals surface area contributed by atoms with Crippen LogP contribution in [0.4, 0.5) is 0 Å². The van der Waals surface area contributed by atoms with Gasteiger partial charge in [0.15, 0.2) is 5.96 Å². The normalized spacial score (nSPS) is 11.6. The Balaban J connectivity index is 2.07. The lowest BCUT2D eigenvalue weighted by atomic mass is 10.4. The number of guanidine groups is 1. The van der Waals surface area contributed by atoms with Gasteiger partial charge in [-0.2, -0.15) is 0 Å². The highest BCUT2D eigenvalue weighted by atomic mass is 32.1. The van der Waals surface area contributed by atoms with Gasteiger partial charge in [-0.05, 0) is 24.8 Å². The van der Waals surface area contributed by atoms with Crippen molar-refractivity contribution in [2.24, 2.45) is 4.99 Å². The molecule has 0 saturated carbocycles. The van der Waals surface area contributed by atoms with Gasteiger partial charge in [-0.25, -0.2) is 4.99 Å². The van der Waals surface area contributed by atoms with Crippen molar-refractivity contribution in [1.29, 1.82) is 0 Å². The first-order chi connectivity index (χ1) is 10.9. The molecule has 0 radical (unpaired) electrons. The molecule has 0 spiro atoms. The van der Waals surface area contributed by atoms with Crippen LogP contribution in [0, 0.1) is 0 Å². The molecule has 0 atom stereocenters. The molecule has 22 heavy (non-hydrogen) atoms. The van der Waals surface area contributed by atoms with Crippen LogP contribution in [0.2, 0.25) is 0 Å². The van der Waals surface area contributed by atoms with Gasteiger partial charge in [0.25, 0.3) is 0 Å². The molecule has 6 heteroatoms. The molecule has 5 nitrogen and oxygen atoms in total. The average molecular weight is 327 g/mol. The fourth-order valence-corrected chi connectivity index (χ4v) is 2.34. The Morgan fingerprint density at radius 3 is 2.64 bits per heavy atom. The summed E-state index contributed by atoms with van der Waals surface area (Å²) in [5, 5.41) is 8.58. The van der Waals surface area contributed by atoms with Gasteiger partial charge in [0.1, 0.15) is 0 Å². The topological polar surface area (TPSA) is 54.9 Å². The minimum absolute atomic E-state index is 0.647. The molecule has 0 aliphatic heterocycles. The van der Waals surface area contributed by atoms with Crippen LogP contribution in [0.5, 0.6) is 0 Å². The Morgan fingerprint density at radius 2 is 1.95 bits per heavy atom. The van der Waals surface area contributed by atoms with Crippen molar-refractivity contribution in [3.63, 3.8) is 0 Å². The SMILES string of the molecule is CCCCOCCOCCNC(=NCc1cccs1)NCC. The van der Waals surface area contributed by atoms with E-state index in [0.29, 0.717) is 26.4 Å². The van der Waals surface area contributed by atoms with Crippen molar-refractivity contribution in [3.05, 3.63) is 22.4 Å². The molecule has 0 unspecified atom stereocenters. The Kier molecular flexibility index (Phi) is 11.7. The van der Waals surface area contributed by atoms with Crippen LogP contribution in [0.1, 0.15) is 31.6 Å². The van der Waals surface area contributed by atoms with E-state index in [0.717, 1.165) is 32.1 Å². The summed E-state index contributed by atoms with van der Waals surface area (Å²) in [6, 6.07) is 4.14. The molecular weight excluding hydrogens is 298 g/mol. The van der Waals surface area contributed by atoms with Crippen molar-refractivity contribution in [3.8, 4) is 0 Å². The third-order valence-corrected chi connectivity index (χ3v) is 3.73. The van der Waals surface area contributed by atoms with Gasteiger partial charge < -0.3 is 20.1 Å². The molecule has 0 aromatic carbocycles. The van der Waals surface area contributed by atoms with Crippen LogP contribution in [0.25, 0.3) is 0 Å². The standard InChI is InChI=1S/C16H29N3O2S/c1-3-5-9-20-11-12-21-10-8-18-16(17-4-2)19-14-15-7-6-13-22-15/h6-7,13H,3-5,8-12,14H2,1-2H3,(H2,17,18,19). The van der Waals surface area contributed by atoms with E-state index >= 15 is 0 Å². The first-order valence-corrected chi connectivity index (χ1v) is 8.94. The van der Waals surface area contributed by atoms with E-state index in [9.17, 15) is 0 Å². The Labute approximate surface area is 138 Å². The number of nitrogens with one attached hydrogen (secondary N) is 2. The number of nitrogens with zero attached hydrogens (tertiary/aromatic N) is 1. The first-order valence-electron chi connectivity index (χ1n) is 8.06. The van der Waals surface area contributed by atoms with Gasteiger partial charge >= 0.3 is 0 Å². The lowest BCUT2D eigenvalue weighted by Crippen LogP contribution is -2.39. The summed E-state index contributed by atoms with van der Waals surface area (Å²) in [5.41, 5.74) is 0. The van der Waals surface area contributed by atoms with Crippen molar-refractivity contribution < 1.29 is 9.47 Å². The third-order valence-electron chi connectivity index (χ3n) is 2.87. The van der Waals surface area contributed by atoms with Gasteiger partial charge in [-0.3, -0.25) is 0 Å². The van der Waals surface area contributed by atoms with E-state index < -0.39 is 0 Å². The fraction of sp³-hybridized carbons (Fsp3) is 0.688. The summed E-state index contributed by atoms with van der Waals surface area (Å²) in [6.07, 6.45) is 2.29. The highest BCUT2D eigenvalue weighted by molar-refractivity contribution is 7.09. The number of aliphatic imine (C=N–C) groups is 1. The van der Waals surface area contributed by atoms with E-state index in [4.69, 9.17) is 9.47 Å². The Morgan fingerprint density at radius 1 is 1.14 bits per heavy atom. The van der Waals surface area contributed by atoms with Gasteiger partial charge in [0.2, 0.25) is 0 Å². The first kappa shape index (κ1) is 18.9. The van der Waals surface area contributed by atoms with Crippen LogP contribution in [0.15, 0.2) is 22.5 Å². The summed E-state index contributed by atoms with van der Waals surface area (Å²) in [6.45, 7) is 9.33. The van der Waals surface area contributed by atoms with E-state index in [1.807, 2.05) is 6.07 Å². The number of unbranched alkanes of at least 4 members (excludes halogenated alkanes) is 1. The lowest BCUT2D eigenvalue weighted by molar-refractivity contribution is 0.0487. The number of thiophene rings is 1. The second kappa shape index (κ2) is 13.5. The zero-order valence-corrected chi connectivity index (χ0v) is 14.6. The van der Waals surface area contributed by atoms with E-state index in [-0.39, 0.29) is 0 Å². The molecule has 0 amide bonds. The largest absolute Gasteiger partial charge is 0.379 e. The highest BCUT2D eigenvalue weighted by Gasteiger charge is 1.98. The zero-order chi connectivity index (χ0) is 15.9. The maximum Gasteiger partial charge on any atom is 0.191 e. The Hall–Kier alpha value is -1.11. The highest BCUT2D eigenvalue weighted by Crippen LogP contribution is 2.09. The van der Waals surface area contributed by atoms with Crippen LogP contribution in [-0.2, 0) is 16.0 Å². The molecule has 0 saturated heterocycles. The van der Waals surface area contributed by atoms with Crippen LogP contribution in [-0.4, -0.2) is 45.5 Å². The number of ether oxygens (including phenoxy) is 2. The minimum atomic E-state index is 0.647. The molecule has 1 aromatic heterocycles. The summed E-state index contributed by atoms with van der Waals surface area (Å²) >= 11 is 1.72. The molecule has 1 rings (SSSR count). The molecule has 0 fully saturated rings. The molecule has 0 aliphatic rings. The second-order valence-corrected chi connectivity index (χ2v) is 5.81. The summed E-state index contributed by atoms with van der Waals surface area (Å²) < 4.78 is 11.0. The van der Waals surface area contributed by atoms with E-state index in [2.05, 4.69) is 40.9 Å². The number of hydrogen-bond donors (Lipinski definition) is 2. The fourth-order valence-electron chi connectivity index (χ4n) is 1.71. The third kappa shape index (κ3) is 9.76. The molecule has 1 heterocycles. The minimum Gasteiger partial charge on any atom is -0.379 e. The quantitative estimate of drug-likeness (QED) is 0.352. The number of hydrogen-bond acceptors (Lipinski definition) is 4. The maximum absolute atomic E-state index is 5.52. The van der Waals surface area contributed by atoms with E-state index in [1.54, 1.807) is 11.3 Å². The summed E-state index contributed by atoms with van der Waals surface area (Å²) in [5.74, 6) is 0.832. The smallest absolute Gasteiger partial charge is 0.191 e. The van der Waals surface area contributed by atoms with Gasteiger partial charge in [0.05, 0.1) is 26.4 Å². The maximum atomic E-state index is 5.52. The van der Waals surface area contributed by atoms with Gasteiger partial charge in [-0.15, -0.1) is 11.3 Å². The molecular formula is C16H29N3O2S. The van der Waals surface area contributed by atoms with Gasteiger partial charge in [-0.1, -0.05) is 19.4 Å². The number of rotatable bonds is 12. The summed E-state index contributed by atoms with van der Waals surface area (Å²) in [7, 11) is 0. The Bertz CT molecular complexity index is 383. The van der Waals surface area contributed by atoms with Gasteiger partial charge in [0, 0.05) is 24.6 Å². The molecule has 1 aromatic rings. The molecule has 0 aliphatic carbocycles. The summed E-state index contributed by atoms with van der Waals surface area (Å²) in [4.78, 5) is 5.81. The van der Waals surface area contributed by atoms with Crippen LogP contribution < -0.4 is 10.6 Å². The zero-order valence-electron chi connectivity index (χ0n) is 13.8. The van der Waals surface area contributed by atoms with Crippen molar-refractivity contribution >= 4 is 17.3 Å². The lowest BCUT2D eigenvalue weighted by Gasteiger charge is -2.11. The monoisotopic (exact) mass is 327 g/mol.